The number of pyridine rings is 1. The van der Waals surface area contributed by atoms with Crippen LogP contribution >= 0.6 is 0 Å². The summed E-state index contributed by atoms with van der Waals surface area (Å²) in [6.07, 6.45) is 2.77. The van der Waals surface area contributed by atoms with Crippen molar-refractivity contribution >= 4 is 22.8 Å². The van der Waals surface area contributed by atoms with Crippen molar-refractivity contribution in [2.45, 2.75) is 52.6 Å². The van der Waals surface area contributed by atoms with Gasteiger partial charge in [-0.05, 0) is 50.2 Å². The number of nitrogens with one attached hydrogen (secondary N) is 1. The van der Waals surface area contributed by atoms with E-state index < -0.39 is 12.1 Å². The van der Waals surface area contributed by atoms with E-state index in [2.05, 4.69) is 12.2 Å². The van der Waals surface area contributed by atoms with Crippen molar-refractivity contribution in [2.75, 3.05) is 6.54 Å². The highest BCUT2D eigenvalue weighted by Crippen LogP contribution is 2.32. The lowest BCUT2D eigenvalue weighted by molar-refractivity contribution is -0.129. The third kappa shape index (κ3) is 3.71. The number of aromatic nitrogens is 1. The molecule has 5 heteroatoms. The fourth-order valence-corrected chi connectivity index (χ4v) is 3.46. The Labute approximate surface area is 154 Å². The largest absolute Gasteiger partial charge is 0.449 e. The van der Waals surface area contributed by atoms with Gasteiger partial charge in [0.2, 0.25) is 0 Å². The van der Waals surface area contributed by atoms with E-state index in [0.29, 0.717) is 18.0 Å². The number of aryl methyl sites for hydroxylation is 1. The van der Waals surface area contributed by atoms with Gasteiger partial charge in [-0.3, -0.25) is 9.78 Å². The van der Waals surface area contributed by atoms with Crippen LogP contribution < -0.4 is 5.32 Å². The van der Waals surface area contributed by atoms with Crippen LogP contribution in [0.25, 0.3) is 10.9 Å². The van der Waals surface area contributed by atoms with E-state index in [4.69, 9.17) is 9.72 Å². The fourth-order valence-electron chi connectivity index (χ4n) is 3.46. The zero-order chi connectivity index (χ0) is 18.7. The smallest absolute Gasteiger partial charge is 0.339 e. The molecular weight excluding hydrogens is 328 g/mol. The SMILES string of the molecule is CCCNC(=O)[C@H](C)OC(=O)c1c2c(nc3ccccc13)CC[C@H](C)C2. The normalized spacial score (nSPS) is 17.4. The van der Waals surface area contributed by atoms with Gasteiger partial charge in [-0.1, -0.05) is 32.0 Å². The van der Waals surface area contributed by atoms with Crippen LogP contribution in [0, 0.1) is 5.92 Å². The second-order valence-corrected chi connectivity index (χ2v) is 7.12. The van der Waals surface area contributed by atoms with E-state index in [-0.39, 0.29) is 5.91 Å². The molecule has 0 fully saturated rings. The Hall–Kier alpha value is -2.43. The maximum atomic E-state index is 13.0. The van der Waals surface area contributed by atoms with Crippen molar-refractivity contribution in [3.8, 4) is 0 Å². The summed E-state index contributed by atoms with van der Waals surface area (Å²) in [5.41, 5.74) is 3.34. The molecule has 1 heterocycles. The van der Waals surface area contributed by atoms with Gasteiger partial charge in [-0.15, -0.1) is 0 Å². The Balaban J connectivity index is 1.96. The number of ether oxygens (including phenoxy) is 1. The average molecular weight is 354 g/mol. The van der Waals surface area contributed by atoms with Crippen molar-refractivity contribution in [1.29, 1.82) is 0 Å². The van der Waals surface area contributed by atoms with E-state index in [1.54, 1.807) is 6.92 Å². The number of hydrogen-bond acceptors (Lipinski definition) is 4. The van der Waals surface area contributed by atoms with Crippen molar-refractivity contribution in [1.82, 2.24) is 10.3 Å². The Bertz CT molecular complexity index is 831. The molecule has 2 aromatic rings. The number of fused-ring (bicyclic) bond motifs is 2. The van der Waals surface area contributed by atoms with Crippen LogP contribution in [0.15, 0.2) is 24.3 Å². The molecule has 0 aliphatic heterocycles. The Morgan fingerprint density at radius 1 is 1.35 bits per heavy atom. The molecule has 138 valence electrons. The number of nitrogens with zero attached hydrogens (tertiary/aromatic N) is 1. The number of esters is 1. The lowest BCUT2D eigenvalue weighted by Crippen LogP contribution is -2.36. The third-order valence-electron chi connectivity index (χ3n) is 4.91. The highest BCUT2D eigenvalue weighted by atomic mass is 16.5. The lowest BCUT2D eigenvalue weighted by atomic mass is 9.84. The molecule has 1 amide bonds. The van der Waals surface area contributed by atoms with E-state index in [0.717, 1.165) is 47.8 Å². The first-order valence-corrected chi connectivity index (χ1v) is 9.40. The lowest BCUT2D eigenvalue weighted by Gasteiger charge is -2.24. The summed E-state index contributed by atoms with van der Waals surface area (Å²) in [5.74, 6) is -0.198. The first-order valence-electron chi connectivity index (χ1n) is 9.40. The monoisotopic (exact) mass is 354 g/mol. The fraction of sp³-hybridized carbons (Fsp3) is 0.476. The van der Waals surface area contributed by atoms with Gasteiger partial charge in [0.05, 0.1) is 11.1 Å². The second-order valence-electron chi connectivity index (χ2n) is 7.12. The molecule has 0 saturated heterocycles. The Morgan fingerprint density at radius 2 is 2.12 bits per heavy atom. The maximum Gasteiger partial charge on any atom is 0.339 e. The second kappa shape index (κ2) is 7.85. The molecule has 1 aromatic heterocycles. The quantitative estimate of drug-likeness (QED) is 0.835. The van der Waals surface area contributed by atoms with Crippen LogP contribution in [0.2, 0.25) is 0 Å². The molecular formula is C21H26N2O3. The zero-order valence-corrected chi connectivity index (χ0v) is 15.7. The standard InChI is InChI=1S/C21H26N2O3/c1-4-11-22-20(24)14(3)26-21(25)19-15-7-5-6-8-17(15)23-18-10-9-13(2)12-16(18)19/h5-8,13-14H,4,9-12H2,1-3H3,(H,22,24)/t13-,14-/m0/s1. The summed E-state index contributed by atoms with van der Waals surface area (Å²) in [4.78, 5) is 29.8. The van der Waals surface area contributed by atoms with Crippen LogP contribution in [-0.2, 0) is 22.4 Å². The van der Waals surface area contributed by atoms with Gasteiger partial charge in [-0.25, -0.2) is 4.79 Å². The number of amides is 1. The first-order chi connectivity index (χ1) is 12.5. The molecule has 1 N–H and O–H groups in total. The van der Waals surface area contributed by atoms with Crippen LogP contribution in [0.3, 0.4) is 0 Å². The molecule has 0 unspecified atom stereocenters. The molecule has 26 heavy (non-hydrogen) atoms. The topological polar surface area (TPSA) is 68.3 Å². The third-order valence-corrected chi connectivity index (χ3v) is 4.91. The minimum Gasteiger partial charge on any atom is -0.449 e. The summed E-state index contributed by atoms with van der Waals surface area (Å²) < 4.78 is 5.53. The number of carbonyl (C=O) groups excluding carboxylic acids is 2. The highest BCUT2D eigenvalue weighted by Gasteiger charge is 2.28. The number of carbonyl (C=O) groups is 2. The molecule has 1 aliphatic carbocycles. The van der Waals surface area contributed by atoms with E-state index in [9.17, 15) is 9.59 Å². The predicted octanol–water partition coefficient (Wildman–Crippen LogP) is 3.43. The molecule has 1 aliphatic rings. The first kappa shape index (κ1) is 18.4. The molecule has 0 radical (unpaired) electrons. The summed E-state index contributed by atoms with van der Waals surface area (Å²) >= 11 is 0. The van der Waals surface area contributed by atoms with Gasteiger partial charge in [0, 0.05) is 17.6 Å². The Kier molecular flexibility index (Phi) is 5.55. The molecule has 0 spiro atoms. The zero-order valence-electron chi connectivity index (χ0n) is 15.7. The number of para-hydroxylation sites is 1. The molecule has 3 rings (SSSR count). The van der Waals surface area contributed by atoms with Crippen LogP contribution in [0.1, 0.15) is 55.2 Å². The van der Waals surface area contributed by atoms with Gasteiger partial charge in [0.25, 0.3) is 5.91 Å². The summed E-state index contributed by atoms with van der Waals surface area (Å²) in [7, 11) is 0. The van der Waals surface area contributed by atoms with Crippen molar-refractivity contribution in [3.63, 3.8) is 0 Å². The van der Waals surface area contributed by atoms with Crippen molar-refractivity contribution in [3.05, 3.63) is 41.1 Å². The van der Waals surface area contributed by atoms with Gasteiger partial charge >= 0.3 is 5.97 Å². The Morgan fingerprint density at radius 3 is 2.88 bits per heavy atom. The summed E-state index contributed by atoms with van der Waals surface area (Å²) in [6, 6.07) is 7.64. The highest BCUT2D eigenvalue weighted by molar-refractivity contribution is 6.05. The molecule has 0 saturated carbocycles. The van der Waals surface area contributed by atoms with E-state index >= 15 is 0 Å². The van der Waals surface area contributed by atoms with Crippen molar-refractivity contribution < 1.29 is 14.3 Å². The maximum absolute atomic E-state index is 13.0. The molecule has 2 atom stereocenters. The number of benzene rings is 1. The van der Waals surface area contributed by atoms with Gasteiger partial charge in [0.15, 0.2) is 6.10 Å². The molecule has 1 aromatic carbocycles. The molecule has 5 nitrogen and oxygen atoms in total. The van der Waals surface area contributed by atoms with Crippen molar-refractivity contribution in [2.24, 2.45) is 5.92 Å². The van der Waals surface area contributed by atoms with Gasteiger partial charge < -0.3 is 10.1 Å². The van der Waals surface area contributed by atoms with E-state index in [1.807, 2.05) is 31.2 Å². The average Bonchev–Trinajstić information content (AvgIpc) is 2.63. The number of rotatable bonds is 5. The minimum atomic E-state index is -0.822. The summed E-state index contributed by atoms with van der Waals surface area (Å²) in [5, 5.41) is 3.56. The van der Waals surface area contributed by atoms with E-state index in [1.165, 1.54) is 0 Å². The minimum absolute atomic E-state index is 0.263. The van der Waals surface area contributed by atoms with Gasteiger partial charge in [0.1, 0.15) is 0 Å². The summed E-state index contributed by atoms with van der Waals surface area (Å²) in [6.45, 7) is 6.36. The predicted molar refractivity (Wildman–Crippen MR) is 101 cm³/mol. The van der Waals surface area contributed by atoms with Crippen LogP contribution in [-0.4, -0.2) is 29.5 Å². The molecule has 0 bridgehead atoms. The van der Waals surface area contributed by atoms with Gasteiger partial charge in [-0.2, -0.15) is 0 Å². The number of hydrogen-bond donors (Lipinski definition) is 1. The van der Waals surface area contributed by atoms with Crippen LogP contribution in [0.5, 0.6) is 0 Å². The van der Waals surface area contributed by atoms with Crippen LogP contribution in [0.4, 0.5) is 0 Å².